The minimum atomic E-state index is -3.98. The van der Waals surface area contributed by atoms with Crippen LogP contribution in [-0.2, 0) is 14.8 Å². The molecule has 0 spiro atoms. The zero-order chi connectivity index (χ0) is 18.6. The van der Waals surface area contributed by atoms with Gasteiger partial charge in [0.25, 0.3) is 15.9 Å². The molecule has 3 rings (SSSR count). The molecule has 0 saturated heterocycles. The Hall–Kier alpha value is -2.40. The summed E-state index contributed by atoms with van der Waals surface area (Å²) in [6, 6.07) is 15.1. The van der Waals surface area contributed by atoms with Gasteiger partial charge in [-0.15, -0.1) is 0 Å². The Balaban J connectivity index is 2.03. The van der Waals surface area contributed by atoms with Crippen LogP contribution >= 0.6 is 0 Å². The molecule has 136 valence electrons. The quantitative estimate of drug-likeness (QED) is 0.740. The number of rotatable bonds is 4. The van der Waals surface area contributed by atoms with E-state index >= 15 is 0 Å². The molecule has 2 aromatic carbocycles. The fourth-order valence-electron chi connectivity index (χ4n) is 3.15. The Kier molecular flexibility index (Phi) is 5.57. The summed E-state index contributed by atoms with van der Waals surface area (Å²) < 4.78 is 27.3. The highest BCUT2D eigenvalue weighted by Gasteiger charge is 2.30. The molecular formula is C21H23NO3S. The molecule has 26 heavy (non-hydrogen) atoms. The number of allylic oxidation sites excluding steroid dienone is 1. The molecule has 0 N–H and O–H groups in total. The number of nitrogens with zero attached hydrogens (tertiary/aromatic N) is 1. The maximum Gasteiger partial charge on any atom is 0.271 e. The van der Waals surface area contributed by atoms with E-state index in [0.717, 1.165) is 47.5 Å². The van der Waals surface area contributed by atoms with Crippen LogP contribution < -0.4 is 4.31 Å². The number of sulfonamides is 1. The summed E-state index contributed by atoms with van der Waals surface area (Å²) in [5.74, 6) is -0.506. The Morgan fingerprint density at radius 1 is 0.923 bits per heavy atom. The Morgan fingerprint density at radius 3 is 2.15 bits per heavy atom. The summed E-state index contributed by atoms with van der Waals surface area (Å²) in [5, 5.41) is 0. The molecule has 1 aliphatic rings. The second-order valence-electron chi connectivity index (χ2n) is 6.62. The highest BCUT2D eigenvalue weighted by atomic mass is 32.2. The normalized spacial score (nSPS) is 14.7. The van der Waals surface area contributed by atoms with Crippen molar-refractivity contribution in [3.05, 3.63) is 71.8 Å². The zero-order valence-electron chi connectivity index (χ0n) is 14.9. The van der Waals surface area contributed by atoms with Crippen molar-refractivity contribution < 1.29 is 13.2 Å². The van der Waals surface area contributed by atoms with Crippen LogP contribution in [0.4, 0.5) is 5.69 Å². The maximum absolute atomic E-state index is 13.2. The Labute approximate surface area is 155 Å². The first-order valence-corrected chi connectivity index (χ1v) is 10.3. The second kappa shape index (κ2) is 7.87. The van der Waals surface area contributed by atoms with Crippen molar-refractivity contribution in [3.63, 3.8) is 0 Å². The average molecular weight is 369 g/mol. The van der Waals surface area contributed by atoms with E-state index in [2.05, 4.69) is 0 Å². The second-order valence-corrected chi connectivity index (χ2v) is 8.41. The first-order chi connectivity index (χ1) is 12.5. The highest BCUT2D eigenvalue weighted by molar-refractivity contribution is 7.93. The Bertz CT molecular complexity index is 892. The van der Waals surface area contributed by atoms with Gasteiger partial charge in [-0.2, -0.15) is 4.31 Å². The fourth-order valence-corrected chi connectivity index (χ4v) is 4.53. The molecule has 0 aliphatic heterocycles. The monoisotopic (exact) mass is 369 g/mol. The van der Waals surface area contributed by atoms with Crippen molar-refractivity contribution in [2.45, 2.75) is 43.9 Å². The molecule has 0 heterocycles. The van der Waals surface area contributed by atoms with Gasteiger partial charge in [0, 0.05) is 6.08 Å². The van der Waals surface area contributed by atoms with Crippen molar-refractivity contribution in [2.24, 2.45) is 0 Å². The van der Waals surface area contributed by atoms with E-state index in [1.54, 1.807) is 54.6 Å². The number of para-hydroxylation sites is 1. The third-order valence-corrected chi connectivity index (χ3v) is 6.31. The number of hydrogen-bond acceptors (Lipinski definition) is 3. The van der Waals surface area contributed by atoms with Gasteiger partial charge in [0.1, 0.15) is 0 Å². The molecule has 1 saturated carbocycles. The van der Waals surface area contributed by atoms with Gasteiger partial charge < -0.3 is 0 Å². The molecule has 1 aliphatic carbocycles. The minimum absolute atomic E-state index is 0.113. The largest absolute Gasteiger partial charge is 0.271 e. The minimum Gasteiger partial charge on any atom is -0.268 e. The van der Waals surface area contributed by atoms with E-state index < -0.39 is 15.9 Å². The van der Waals surface area contributed by atoms with E-state index in [1.165, 1.54) is 6.08 Å². The van der Waals surface area contributed by atoms with Gasteiger partial charge in [-0.3, -0.25) is 4.79 Å². The number of benzene rings is 2. The van der Waals surface area contributed by atoms with Crippen LogP contribution in [0.1, 0.15) is 37.7 Å². The summed E-state index contributed by atoms with van der Waals surface area (Å²) in [5.41, 5.74) is 2.35. The van der Waals surface area contributed by atoms with Crippen LogP contribution in [-0.4, -0.2) is 14.3 Å². The van der Waals surface area contributed by atoms with Crippen LogP contribution in [0.3, 0.4) is 0 Å². The predicted octanol–water partition coefficient (Wildman–Crippen LogP) is 4.61. The molecular weight excluding hydrogens is 346 g/mol. The Morgan fingerprint density at radius 2 is 1.54 bits per heavy atom. The van der Waals surface area contributed by atoms with E-state index in [9.17, 15) is 13.2 Å². The average Bonchev–Trinajstić information content (AvgIpc) is 2.64. The zero-order valence-corrected chi connectivity index (χ0v) is 15.7. The predicted molar refractivity (Wildman–Crippen MR) is 103 cm³/mol. The van der Waals surface area contributed by atoms with Gasteiger partial charge >= 0.3 is 0 Å². The lowest BCUT2D eigenvalue weighted by molar-refractivity contribution is -0.113. The summed E-state index contributed by atoms with van der Waals surface area (Å²) in [4.78, 5) is 13.1. The molecule has 0 unspecified atom stereocenters. The molecule has 5 heteroatoms. The number of aryl methyl sites for hydroxylation is 1. The number of hydrogen-bond donors (Lipinski definition) is 0. The van der Waals surface area contributed by atoms with Gasteiger partial charge in [-0.05, 0) is 56.9 Å². The van der Waals surface area contributed by atoms with Crippen LogP contribution in [0.5, 0.6) is 0 Å². The maximum atomic E-state index is 13.2. The fraction of sp³-hybridized carbons (Fsp3) is 0.286. The van der Waals surface area contributed by atoms with E-state index in [4.69, 9.17) is 0 Å². The van der Waals surface area contributed by atoms with Crippen LogP contribution in [0.15, 0.2) is 71.1 Å². The topological polar surface area (TPSA) is 54.5 Å². The van der Waals surface area contributed by atoms with Crippen LogP contribution in [0.25, 0.3) is 0 Å². The summed E-state index contributed by atoms with van der Waals surface area (Å²) >= 11 is 0. The van der Waals surface area contributed by atoms with E-state index in [0.29, 0.717) is 5.69 Å². The number of amides is 1. The summed E-state index contributed by atoms with van der Waals surface area (Å²) in [7, 11) is -3.98. The van der Waals surface area contributed by atoms with Crippen molar-refractivity contribution in [3.8, 4) is 0 Å². The van der Waals surface area contributed by atoms with Crippen molar-refractivity contribution in [1.29, 1.82) is 0 Å². The van der Waals surface area contributed by atoms with Crippen molar-refractivity contribution in [1.82, 2.24) is 0 Å². The van der Waals surface area contributed by atoms with Crippen molar-refractivity contribution in [2.75, 3.05) is 4.31 Å². The molecule has 4 nitrogen and oxygen atoms in total. The molecule has 0 atom stereocenters. The van der Waals surface area contributed by atoms with Gasteiger partial charge in [0.05, 0.1) is 10.6 Å². The molecule has 0 bridgehead atoms. The number of anilines is 1. The molecule has 1 amide bonds. The smallest absolute Gasteiger partial charge is 0.268 e. The third-order valence-electron chi connectivity index (χ3n) is 4.57. The third kappa shape index (κ3) is 4.05. The van der Waals surface area contributed by atoms with Crippen LogP contribution in [0.2, 0.25) is 0 Å². The van der Waals surface area contributed by atoms with E-state index in [1.807, 2.05) is 6.92 Å². The number of carbonyl (C=O) groups excluding carboxylic acids is 1. The number of carbonyl (C=O) groups is 1. The molecule has 2 aromatic rings. The summed E-state index contributed by atoms with van der Waals surface area (Å²) in [6.45, 7) is 1.89. The van der Waals surface area contributed by atoms with E-state index in [-0.39, 0.29) is 4.90 Å². The standard InChI is InChI=1S/C21H23NO3S/c1-17-12-14-20(15-13-17)26(24,25)22(19-10-6-3-7-11-19)21(23)16-18-8-4-2-5-9-18/h3,6-7,10-16H,2,4-5,8-9H2,1H3. The summed E-state index contributed by atoms with van der Waals surface area (Å²) in [6.07, 6.45) is 6.50. The van der Waals surface area contributed by atoms with Gasteiger partial charge in [-0.1, -0.05) is 47.9 Å². The van der Waals surface area contributed by atoms with Crippen molar-refractivity contribution >= 4 is 21.6 Å². The molecule has 0 radical (unpaired) electrons. The highest BCUT2D eigenvalue weighted by Crippen LogP contribution is 2.27. The molecule has 0 aromatic heterocycles. The first-order valence-electron chi connectivity index (χ1n) is 8.89. The molecule has 1 fully saturated rings. The van der Waals surface area contributed by atoms with Gasteiger partial charge in [0.15, 0.2) is 0 Å². The lowest BCUT2D eigenvalue weighted by Crippen LogP contribution is -2.36. The van der Waals surface area contributed by atoms with Gasteiger partial charge in [-0.25, -0.2) is 8.42 Å². The lowest BCUT2D eigenvalue weighted by Gasteiger charge is -2.22. The van der Waals surface area contributed by atoms with Crippen LogP contribution in [0, 0.1) is 6.92 Å². The SMILES string of the molecule is Cc1ccc(S(=O)(=O)N(C(=O)C=C2CCCCC2)c2ccccc2)cc1. The first kappa shape index (κ1) is 18.4. The lowest BCUT2D eigenvalue weighted by atomic mass is 9.94. The van der Waals surface area contributed by atoms with Gasteiger partial charge in [0.2, 0.25) is 0 Å².